The quantitative estimate of drug-likeness (QED) is 0.171. The molecule has 0 aromatic heterocycles. The molecule has 28 heavy (non-hydrogen) atoms. The molecule has 0 unspecified atom stereocenters. The van der Waals surface area contributed by atoms with Gasteiger partial charge in [-0.05, 0) is 12.8 Å². The molecular formula is C26H56N2. The molecule has 0 spiro atoms. The molecule has 0 aromatic rings. The van der Waals surface area contributed by atoms with Gasteiger partial charge in [-0.3, -0.25) is 0 Å². The van der Waals surface area contributed by atoms with Gasteiger partial charge in [-0.25, -0.2) is 0 Å². The Hall–Kier alpha value is -0.0800. The summed E-state index contributed by atoms with van der Waals surface area (Å²) >= 11 is 0. The zero-order valence-corrected chi connectivity index (χ0v) is 19.9. The second-order valence-electron chi connectivity index (χ2n) is 9.27. The van der Waals surface area contributed by atoms with Crippen LogP contribution in [0.4, 0.5) is 0 Å². The van der Waals surface area contributed by atoms with Crippen LogP contribution in [0.2, 0.25) is 0 Å². The Morgan fingerprint density at radius 2 is 0.571 bits per heavy atom. The van der Waals surface area contributed by atoms with Crippen molar-refractivity contribution in [3.05, 3.63) is 0 Å². The lowest BCUT2D eigenvalue weighted by atomic mass is 9.96. The molecule has 0 amide bonds. The molecule has 0 saturated heterocycles. The molecule has 2 atom stereocenters. The molecule has 0 aromatic carbocycles. The summed E-state index contributed by atoms with van der Waals surface area (Å²) in [5.74, 6) is 0. The fraction of sp³-hybridized carbons (Fsp3) is 1.00. The van der Waals surface area contributed by atoms with Crippen LogP contribution in [-0.2, 0) is 0 Å². The van der Waals surface area contributed by atoms with E-state index in [1.807, 2.05) is 0 Å². The summed E-state index contributed by atoms with van der Waals surface area (Å²) in [7, 11) is 0. The molecule has 4 N–H and O–H groups in total. The van der Waals surface area contributed by atoms with Crippen molar-refractivity contribution in [3.63, 3.8) is 0 Å². The van der Waals surface area contributed by atoms with Crippen LogP contribution in [-0.4, -0.2) is 12.1 Å². The molecule has 0 aliphatic heterocycles. The van der Waals surface area contributed by atoms with E-state index in [1.165, 1.54) is 128 Å². The van der Waals surface area contributed by atoms with Crippen molar-refractivity contribution >= 4 is 0 Å². The smallest absolute Gasteiger partial charge is 0.0192 e. The van der Waals surface area contributed by atoms with E-state index in [9.17, 15) is 0 Å². The topological polar surface area (TPSA) is 52.0 Å². The van der Waals surface area contributed by atoms with Crippen molar-refractivity contribution in [2.24, 2.45) is 11.5 Å². The van der Waals surface area contributed by atoms with Crippen LogP contribution in [0.25, 0.3) is 0 Å². The van der Waals surface area contributed by atoms with Crippen molar-refractivity contribution in [3.8, 4) is 0 Å². The van der Waals surface area contributed by atoms with Crippen molar-refractivity contribution < 1.29 is 0 Å². The molecule has 0 saturated carbocycles. The Bertz CT molecular complexity index is 252. The van der Waals surface area contributed by atoms with Gasteiger partial charge in [-0.15, -0.1) is 0 Å². The highest BCUT2D eigenvalue weighted by Crippen LogP contribution is 2.15. The molecule has 0 heterocycles. The largest absolute Gasteiger partial charge is 0.326 e. The zero-order chi connectivity index (χ0) is 20.7. The first-order chi connectivity index (χ1) is 13.7. The van der Waals surface area contributed by atoms with Crippen LogP contribution in [0.1, 0.15) is 155 Å². The van der Waals surface area contributed by atoms with Gasteiger partial charge in [0.1, 0.15) is 0 Å². The summed E-state index contributed by atoms with van der Waals surface area (Å²) in [6.07, 6.45) is 30.0. The first-order valence-electron chi connectivity index (χ1n) is 13.2. The third-order valence-electron chi connectivity index (χ3n) is 6.33. The first kappa shape index (κ1) is 27.9. The Morgan fingerprint density at radius 1 is 0.357 bits per heavy atom. The fourth-order valence-electron chi connectivity index (χ4n) is 4.16. The van der Waals surface area contributed by atoms with Gasteiger partial charge in [0.25, 0.3) is 0 Å². The minimum absolute atomic E-state index is 0.215. The Morgan fingerprint density at radius 3 is 0.821 bits per heavy atom. The van der Waals surface area contributed by atoms with E-state index >= 15 is 0 Å². The molecule has 0 rings (SSSR count). The molecule has 0 aliphatic carbocycles. The maximum atomic E-state index is 6.32. The Labute approximate surface area is 179 Å². The number of unbranched alkanes of at least 4 members (excludes halogenated alkanes) is 18. The molecule has 0 bridgehead atoms. The van der Waals surface area contributed by atoms with Crippen LogP contribution in [0.15, 0.2) is 0 Å². The Balaban J connectivity index is 3.30. The summed E-state index contributed by atoms with van der Waals surface area (Å²) in [4.78, 5) is 0. The highest BCUT2D eigenvalue weighted by atomic mass is 14.8. The Kier molecular flexibility index (Phi) is 23.1. The van der Waals surface area contributed by atoms with Gasteiger partial charge in [0.2, 0.25) is 0 Å². The summed E-state index contributed by atoms with van der Waals surface area (Å²) in [6, 6.07) is 0.431. The van der Waals surface area contributed by atoms with E-state index in [-0.39, 0.29) is 12.1 Å². The van der Waals surface area contributed by atoms with Gasteiger partial charge >= 0.3 is 0 Å². The summed E-state index contributed by atoms with van der Waals surface area (Å²) in [6.45, 7) is 4.57. The molecule has 0 aliphatic rings. The van der Waals surface area contributed by atoms with Gasteiger partial charge in [0.05, 0.1) is 0 Å². The zero-order valence-electron chi connectivity index (χ0n) is 19.9. The third-order valence-corrected chi connectivity index (χ3v) is 6.33. The van der Waals surface area contributed by atoms with E-state index < -0.39 is 0 Å². The van der Waals surface area contributed by atoms with Crippen LogP contribution in [0.3, 0.4) is 0 Å². The average molecular weight is 397 g/mol. The highest BCUT2D eigenvalue weighted by Gasteiger charge is 2.12. The van der Waals surface area contributed by atoms with Crippen molar-refractivity contribution in [1.82, 2.24) is 0 Å². The van der Waals surface area contributed by atoms with E-state index in [1.54, 1.807) is 0 Å². The number of hydrogen-bond acceptors (Lipinski definition) is 2. The lowest BCUT2D eigenvalue weighted by Gasteiger charge is -2.19. The van der Waals surface area contributed by atoms with Gasteiger partial charge in [-0.1, -0.05) is 142 Å². The van der Waals surface area contributed by atoms with Crippen molar-refractivity contribution in [1.29, 1.82) is 0 Å². The van der Waals surface area contributed by atoms with E-state index in [0.29, 0.717) is 0 Å². The van der Waals surface area contributed by atoms with Crippen LogP contribution in [0, 0.1) is 0 Å². The second kappa shape index (κ2) is 23.2. The molecule has 170 valence electrons. The maximum Gasteiger partial charge on any atom is 0.0192 e. The fourth-order valence-corrected chi connectivity index (χ4v) is 4.16. The highest BCUT2D eigenvalue weighted by molar-refractivity contribution is 4.75. The minimum atomic E-state index is 0.215. The van der Waals surface area contributed by atoms with Crippen LogP contribution < -0.4 is 11.5 Å². The standard InChI is InChI=1S/C26H56N2/c1-3-5-7-9-11-13-15-17-19-21-23-25(27)26(28)24-22-20-18-16-14-12-10-8-6-4-2/h25-26H,3-24,27-28H2,1-2H3/t25-,26-/m1/s1. The maximum absolute atomic E-state index is 6.32. The van der Waals surface area contributed by atoms with Crippen LogP contribution in [0.5, 0.6) is 0 Å². The summed E-state index contributed by atoms with van der Waals surface area (Å²) in [5.41, 5.74) is 12.6. The van der Waals surface area contributed by atoms with E-state index in [0.717, 1.165) is 12.8 Å². The SMILES string of the molecule is CCCCCCCCCCCC[C@@H](N)[C@H](N)CCCCCCCCCCCC. The molecule has 0 radical (unpaired) electrons. The van der Waals surface area contributed by atoms with Gasteiger partial charge in [0, 0.05) is 12.1 Å². The van der Waals surface area contributed by atoms with E-state index in [4.69, 9.17) is 11.5 Å². The third kappa shape index (κ3) is 20.6. The molecular weight excluding hydrogens is 340 g/mol. The lowest BCUT2D eigenvalue weighted by Crippen LogP contribution is -2.41. The lowest BCUT2D eigenvalue weighted by molar-refractivity contribution is 0.428. The average Bonchev–Trinajstić information content (AvgIpc) is 2.70. The molecule has 2 nitrogen and oxygen atoms in total. The first-order valence-corrected chi connectivity index (χ1v) is 13.2. The normalized spacial score (nSPS) is 13.7. The van der Waals surface area contributed by atoms with E-state index in [2.05, 4.69) is 13.8 Å². The van der Waals surface area contributed by atoms with Gasteiger partial charge < -0.3 is 11.5 Å². The number of nitrogens with two attached hydrogens (primary N) is 2. The second-order valence-corrected chi connectivity index (χ2v) is 9.27. The monoisotopic (exact) mass is 396 g/mol. The van der Waals surface area contributed by atoms with Crippen molar-refractivity contribution in [2.75, 3.05) is 0 Å². The van der Waals surface area contributed by atoms with Crippen LogP contribution >= 0.6 is 0 Å². The summed E-state index contributed by atoms with van der Waals surface area (Å²) in [5, 5.41) is 0. The predicted octanol–water partition coefficient (Wildman–Crippen LogP) is 8.26. The number of hydrogen-bond donors (Lipinski definition) is 2. The van der Waals surface area contributed by atoms with Crippen molar-refractivity contribution in [2.45, 2.75) is 167 Å². The molecule has 2 heteroatoms. The van der Waals surface area contributed by atoms with Gasteiger partial charge in [0.15, 0.2) is 0 Å². The number of rotatable bonds is 23. The minimum Gasteiger partial charge on any atom is -0.326 e. The summed E-state index contributed by atoms with van der Waals surface area (Å²) < 4.78 is 0. The van der Waals surface area contributed by atoms with Gasteiger partial charge in [-0.2, -0.15) is 0 Å². The predicted molar refractivity (Wildman–Crippen MR) is 129 cm³/mol. The molecule has 0 fully saturated rings.